The highest BCUT2D eigenvalue weighted by molar-refractivity contribution is 7.10. The van der Waals surface area contributed by atoms with E-state index in [0.29, 0.717) is 12.6 Å². The molecule has 128 valence electrons. The Labute approximate surface area is 148 Å². The van der Waals surface area contributed by atoms with Crippen LogP contribution in [0.15, 0.2) is 41.8 Å². The molecule has 1 amide bonds. The van der Waals surface area contributed by atoms with Crippen molar-refractivity contribution < 1.29 is 4.79 Å². The maximum absolute atomic E-state index is 12.4. The van der Waals surface area contributed by atoms with Crippen molar-refractivity contribution in [3.05, 3.63) is 52.2 Å². The number of benzene rings is 1. The molecule has 4 heteroatoms. The van der Waals surface area contributed by atoms with Gasteiger partial charge >= 0.3 is 0 Å². The van der Waals surface area contributed by atoms with E-state index in [2.05, 4.69) is 60.6 Å². The maximum atomic E-state index is 12.4. The molecular weight excluding hydrogens is 316 g/mol. The van der Waals surface area contributed by atoms with Crippen LogP contribution in [0.2, 0.25) is 0 Å². The lowest BCUT2D eigenvalue weighted by Crippen LogP contribution is -2.32. The standard InChI is InChI=1S/C20H26N2OS/c1-20(2,3)15-8-10-16(11-9-15)21-19(23)14-22-12-4-6-17(22)18-7-5-13-24-18/h5,7-11,13,17H,4,6,12,14H2,1-3H3,(H,21,23)/t17-/m0/s1. The average molecular weight is 343 g/mol. The van der Waals surface area contributed by atoms with Crippen molar-refractivity contribution in [3.8, 4) is 0 Å². The lowest BCUT2D eigenvalue weighted by molar-refractivity contribution is -0.117. The van der Waals surface area contributed by atoms with Crippen LogP contribution in [0.1, 0.15) is 50.1 Å². The van der Waals surface area contributed by atoms with Crippen molar-refractivity contribution in [2.45, 2.75) is 45.1 Å². The Morgan fingerprint density at radius 3 is 2.62 bits per heavy atom. The molecule has 1 fully saturated rings. The molecule has 0 unspecified atom stereocenters. The van der Waals surface area contributed by atoms with Crippen LogP contribution in [-0.4, -0.2) is 23.9 Å². The molecule has 0 spiro atoms. The van der Waals surface area contributed by atoms with Crippen molar-refractivity contribution >= 4 is 22.9 Å². The highest BCUT2D eigenvalue weighted by Gasteiger charge is 2.28. The molecule has 1 aliphatic heterocycles. The number of likely N-dealkylation sites (tertiary alicyclic amines) is 1. The van der Waals surface area contributed by atoms with Gasteiger partial charge in [0.15, 0.2) is 0 Å². The summed E-state index contributed by atoms with van der Waals surface area (Å²) in [5, 5.41) is 5.15. The molecule has 1 aliphatic rings. The summed E-state index contributed by atoms with van der Waals surface area (Å²) in [6.07, 6.45) is 2.31. The topological polar surface area (TPSA) is 32.3 Å². The van der Waals surface area contributed by atoms with Crippen molar-refractivity contribution in [1.82, 2.24) is 4.90 Å². The first-order valence-corrected chi connectivity index (χ1v) is 9.49. The van der Waals surface area contributed by atoms with Gasteiger partial charge in [-0.1, -0.05) is 39.0 Å². The molecule has 1 aromatic carbocycles. The summed E-state index contributed by atoms with van der Waals surface area (Å²) in [5.41, 5.74) is 2.28. The van der Waals surface area contributed by atoms with E-state index in [4.69, 9.17) is 0 Å². The molecule has 2 aromatic rings. The third-order valence-corrected chi connectivity index (χ3v) is 5.59. The number of nitrogens with zero attached hydrogens (tertiary/aromatic N) is 1. The Morgan fingerprint density at radius 2 is 2.00 bits per heavy atom. The molecule has 3 nitrogen and oxygen atoms in total. The van der Waals surface area contributed by atoms with Crippen molar-refractivity contribution in [1.29, 1.82) is 0 Å². The van der Waals surface area contributed by atoms with Gasteiger partial charge in [0.05, 0.1) is 6.54 Å². The fourth-order valence-electron chi connectivity index (χ4n) is 3.26. The minimum absolute atomic E-state index is 0.0713. The summed E-state index contributed by atoms with van der Waals surface area (Å²) in [6.45, 7) is 8.04. The minimum Gasteiger partial charge on any atom is -0.325 e. The Balaban J connectivity index is 1.59. The largest absolute Gasteiger partial charge is 0.325 e. The Kier molecular flexibility index (Phi) is 5.07. The van der Waals surface area contributed by atoms with Crippen LogP contribution in [0.3, 0.4) is 0 Å². The minimum atomic E-state index is 0.0713. The monoisotopic (exact) mass is 342 g/mol. The second-order valence-corrected chi connectivity index (χ2v) is 8.50. The van der Waals surface area contributed by atoms with Crippen LogP contribution < -0.4 is 5.32 Å². The van der Waals surface area contributed by atoms with Gasteiger partial charge in [0.2, 0.25) is 5.91 Å². The van der Waals surface area contributed by atoms with Crippen LogP contribution in [-0.2, 0) is 10.2 Å². The first-order chi connectivity index (χ1) is 11.4. The zero-order chi connectivity index (χ0) is 17.2. The number of amides is 1. The van der Waals surface area contributed by atoms with Gasteiger partial charge in [-0.15, -0.1) is 11.3 Å². The lowest BCUT2D eigenvalue weighted by Gasteiger charge is -2.23. The predicted octanol–water partition coefficient (Wildman–Crippen LogP) is 4.82. The number of anilines is 1. The number of hydrogen-bond acceptors (Lipinski definition) is 3. The van der Waals surface area contributed by atoms with E-state index in [9.17, 15) is 4.79 Å². The third kappa shape index (κ3) is 4.05. The van der Waals surface area contributed by atoms with Crippen LogP contribution in [0.4, 0.5) is 5.69 Å². The third-order valence-electron chi connectivity index (χ3n) is 4.62. The number of carbonyl (C=O) groups excluding carboxylic acids is 1. The molecule has 0 saturated carbocycles. The molecule has 2 heterocycles. The van der Waals surface area contributed by atoms with Crippen LogP contribution in [0.25, 0.3) is 0 Å². The quantitative estimate of drug-likeness (QED) is 0.864. The zero-order valence-corrected chi connectivity index (χ0v) is 15.5. The van der Waals surface area contributed by atoms with E-state index < -0.39 is 0 Å². The van der Waals surface area contributed by atoms with E-state index >= 15 is 0 Å². The normalized spacial score (nSPS) is 18.7. The molecule has 1 N–H and O–H groups in total. The number of hydrogen-bond donors (Lipinski definition) is 1. The van der Waals surface area contributed by atoms with Crippen molar-refractivity contribution in [2.24, 2.45) is 0 Å². The Bertz CT molecular complexity index is 671. The van der Waals surface area contributed by atoms with Gasteiger partial charge in [0.25, 0.3) is 0 Å². The van der Waals surface area contributed by atoms with Crippen molar-refractivity contribution in [2.75, 3.05) is 18.4 Å². The SMILES string of the molecule is CC(C)(C)c1ccc(NC(=O)CN2CCC[C@H]2c2cccs2)cc1. The van der Waals surface area contributed by atoms with Gasteiger partial charge < -0.3 is 5.32 Å². The summed E-state index contributed by atoms with van der Waals surface area (Å²) in [4.78, 5) is 16.1. The van der Waals surface area contributed by atoms with E-state index in [0.717, 1.165) is 25.1 Å². The molecular formula is C20H26N2OS. The number of nitrogens with one attached hydrogen (secondary N) is 1. The zero-order valence-electron chi connectivity index (χ0n) is 14.7. The summed E-state index contributed by atoms with van der Waals surface area (Å²) < 4.78 is 0. The first-order valence-electron chi connectivity index (χ1n) is 8.61. The van der Waals surface area contributed by atoms with Crippen LogP contribution in [0, 0.1) is 0 Å². The maximum Gasteiger partial charge on any atom is 0.238 e. The lowest BCUT2D eigenvalue weighted by atomic mass is 9.87. The first kappa shape index (κ1) is 17.2. The molecule has 0 bridgehead atoms. The summed E-state index contributed by atoms with van der Waals surface area (Å²) in [7, 11) is 0. The van der Waals surface area contributed by atoms with Gasteiger partial charge in [0, 0.05) is 16.6 Å². The van der Waals surface area contributed by atoms with Gasteiger partial charge in [-0.2, -0.15) is 0 Å². The van der Waals surface area contributed by atoms with Crippen molar-refractivity contribution in [3.63, 3.8) is 0 Å². The molecule has 1 saturated heterocycles. The number of thiophene rings is 1. The highest BCUT2D eigenvalue weighted by atomic mass is 32.1. The van der Waals surface area contributed by atoms with Gasteiger partial charge in [-0.25, -0.2) is 0 Å². The smallest absolute Gasteiger partial charge is 0.238 e. The van der Waals surface area contributed by atoms with Crippen LogP contribution in [0.5, 0.6) is 0 Å². The molecule has 3 rings (SSSR count). The van der Waals surface area contributed by atoms with Gasteiger partial charge in [-0.3, -0.25) is 9.69 Å². The van der Waals surface area contributed by atoms with Gasteiger partial charge in [-0.05, 0) is 53.9 Å². The molecule has 1 atom stereocenters. The highest BCUT2D eigenvalue weighted by Crippen LogP contribution is 2.34. The average Bonchev–Trinajstić information content (AvgIpc) is 3.17. The summed E-state index contributed by atoms with van der Waals surface area (Å²) >= 11 is 1.79. The van der Waals surface area contributed by atoms with E-state index in [-0.39, 0.29) is 11.3 Å². The summed E-state index contributed by atoms with van der Waals surface area (Å²) in [5.74, 6) is 0.0713. The Morgan fingerprint density at radius 1 is 1.25 bits per heavy atom. The molecule has 24 heavy (non-hydrogen) atoms. The van der Waals surface area contributed by atoms with E-state index in [1.54, 1.807) is 11.3 Å². The fraction of sp³-hybridized carbons (Fsp3) is 0.450. The number of carbonyl (C=O) groups is 1. The van der Waals surface area contributed by atoms with Crippen LogP contribution >= 0.6 is 11.3 Å². The second-order valence-electron chi connectivity index (χ2n) is 7.52. The molecule has 0 aliphatic carbocycles. The summed E-state index contributed by atoms with van der Waals surface area (Å²) in [6, 6.07) is 12.9. The second kappa shape index (κ2) is 7.08. The molecule has 1 aromatic heterocycles. The number of rotatable bonds is 4. The Hall–Kier alpha value is -1.65. The fourth-order valence-corrected chi connectivity index (χ4v) is 4.15. The molecule has 0 radical (unpaired) electrons. The van der Waals surface area contributed by atoms with E-state index in [1.165, 1.54) is 10.4 Å². The van der Waals surface area contributed by atoms with Gasteiger partial charge in [0.1, 0.15) is 0 Å². The van der Waals surface area contributed by atoms with E-state index in [1.807, 2.05) is 12.1 Å². The predicted molar refractivity (Wildman–Crippen MR) is 102 cm³/mol.